The van der Waals surface area contributed by atoms with Crippen LogP contribution >= 0.6 is 0 Å². The number of carbonyl (C=O) groups is 2. The molecular formula is C17H26N4O3. The first-order valence-corrected chi connectivity index (χ1v) is 8.40. The van der Waals surface area contributed by atoms with E-state index in [-0.39, 0.29) is 11.9 Å². The van der Waals surface area contributed by atoms with E-state index in [0.29, 0.717) is 44.0 Å². The van der Waals surface area contributed by atoms with E-state index in [0.717, 1.165) is 12.8 Å². The summed E-state index contributed by atoms with van der Waals surface area (Å²) >= 11 is 0. The molecule has 24 heavy (non-hydrogen) atoms. The molecule has 5 N–H and O–H groups in total. The summed E-state index contributed by atoms with van der Waals surface area (Å²) in [5.74, 6) is 0.524. The zero-order valence-corrected chi connectivity index (χ0v) is 14.1. The summed E-state index contributed by atoms with van der Waals surface area (Å²) in [6.07, 6.45) is 3.14. The number of nitrogens with one attached hydrogen (secondary N) is 3. The van der Waals surface area contributed by atoms with Crippen LogP contribution in [-0.2, 0) is 4.79 Å². The molecule has 0 unspecified atom stereocenters. The van der Waals surface area contributed by atoms with Gasteiger partial charge in [-0.3, -0.25) is 4.79 Å². The number of amides is 3. The minimum Gasteiger partial charge on any atom is -0.492 e. The highest BCUT2D eigenvalue weighted by Gasteiger charge is 2.42. The number of ether oxygens (including phenoxy) is 1. The third kappa shape index (κ3) is 4.61. The van der Waals surface area contributed by atoms with Crippen LogP contribution in [0.4, 0.5) is 10.5 Å². The summed E-state index contributed by atoms with van der Waals surface area (Å²) in [5.41, 5.74) is 5.23. The van der Waals surface area contributed by atoms with Crippen LogP contribution in [-0.4, -0.2) is 37.2 Å². The van der Waals surface area contributed by atoms with Crippen molar-refractivity contribution in [1.29, 1.82) is 0 Å². The lowest BCUT2D eigenvalue weighted by Gasteiger charge is -2.29. The SMILES string of the molecule is CCNC(=O)NC1(C(=O)Nc2ccc(OCCN)cc2)CCCC1. The molecule has 0 bridgehead atoms. The molecule has 7 nitrogen and oxygen atoms in total. The standard InChI is InChI=1S/C17H26N4O3/c1-2-19-16(23)21-17(9-3-4-10-17)15(22)20-13-5-7-14(8-6-13)24-12-11-18/h5-8H,2-4,9-12,18H2,1H3,(H,20,22)(H2,19,21,23). The summed E-state index contributed by atoms with van der Waals surface area (Å²) in [5, 5.41) is 8.43. The third-order valence-corrected chi connectivity index (χ3v) is 4.08. The zero-order valence-electron chi connectivity index (χ0n) is 14.1. The molecule has 1 aromatic carbocycles. The second kappa shape index (κ2) is 8.54. The van der Waals surface area contributed by atoms with Crippen LogP contribution in [0.3, 0.4) is 0 Å². The smallest absolute Gasteiger partial charge is 0.315 e. The molecule has 3 amide bonds. The van der Waals surface area contributed by atoms with E-state index in [9.17, 15) is 9.59 Å². The van der Waals surface area contributed by atoms with Gasteiger partial charge in [-0.1, -0.05) is 12.8 Å². The molecule has 0 saturated heterocycles. The van der Waals surface area contributed by atoms with E-state index >= 15 is 0 Å². The van der Waals surface area contributed by atoms with Crippen LogP contribution in [0.1, 0.15) is 32.6 Å². The Hall–Kier alpha value is -2.28. The molecule has 1 fully saturated rings. The second-order valence-electron chi connectivity index (χ2n) is 5.89. The van der Waals surface area contributed by atoms with E-state index in [1.807, 2.05) is 6.92 Å². The maximum absolute atomic E-state index is 12.7. The maximum Gasteiger partial charge on any atom is 0.315 e. The van der Waals surface area contributed by atoms with Gasteiger partial charge in [-0.25, -0.2) is 4.79 Å². The third-order valence-electron chi connectivity index (χ3n) is 4.08. The highest BCUT2D eigenvalue weighted by Crippen LogP contribution is 2.31. The fourth-order valence-corrected chi connectivity index (χ4v) is 2.87. The minimum atomic E-state index is -0.839. The molecule has 0 aromatic heterocycles. The van der Waals surface area contributed by atoms with Crippen molar-refractivity contribution in [3.8, 4) is 5.75 Å². The van der Waals surface area contributed by atoms with Crippen LogP contribution in [0.25, 0.3) is 0 Å². The van der Waals surface area contributed by atoms with Gasteiger partial charge in [0.25, 0.3) is 0 Å². The van der Waals surface area contributed by atoms with Crippen LogP contribution in [0.5, 0.6) is 5.75 Å². The van der Waals surface area contributed by atoms with Gasteiger partial charge in [0.05, 0.1) is 0 Å². The molecule has 7 heteroatoms. The number of carbonyl (C=O) groups excluding carboxylic acids is 2. The molecule has 0 heterocycles. The summed E-state index contributed by atoms with van der Waals surface area (Å²) in [6.45, 7) is 3.26. The van der Waals surface area contributed by atoms with Crippen molar-refractivity contribution in [1.82, 2.24) is 10.6 Å². The summed E-state index contributed by atoms with van der Waals surface area (Å²) in [7, 11) is 0. The van der Waals surface area contributed by atoms with Gasteiger partial charge in [0.15, 0.2) is 0 Å². The van der Waals surface area contributed by atoms with Crippen LogP contribution in [0.15, 0.2) is 24.3 Å². The number of rotatable bonds is 7. The summed E-state index contributed by atoms with van der Waals surface area (Å²) in [4.78, 5) is 24.6. The average molecular weight is 334 g/mol. The topological polar surface area (TPSA) is 105 Å². The largest absolute Gasteiger partial charge is 0.492 e. The van der Waals surface area contributed by atoms with Gasteiger partial charge in [0.2, 0.25) is 5.91 Å². The number of urea groups is 1. The maximum atomic E-state index is 12.7. The van der Waals surface area contributed by atoms with E-state index in [1.54, 1.807) is 24.3 Å². The Labute approximate surface area is 142 Å². The van der Waals surface area contributed by atoms with E-state index in [4.69, 9.17) is 10.5 Å². The van der Waals surface area contributed by atoms with Crippen LogP contribution < -0.4 is 26.4 Å². The number of nitrogens with two attached hydrogens (primary N) is 1. The molecule has 1 saturated carbocycles. The van der Waals surface area contributed by atoms with Gasteiger partial charge in [0, 0.05) is 18.8 Å². The van der Waals surface area contributed by atoms with Crippen molar-refractivity contribution in [3.05, 3.63) is 24.3 Å². The fraction of sp³-hybridized carbons (Fsp3) is 0.529. The zero-order chi connectivity index (χ0) is 17.4. The Bertz CT molecular complexity index is 553. The number of hydrogen-bond donors (Lipinski definition) is 4. The Morgan fingerprint density at radius 2 is 1.88 bits per heavy atom. The quantitative estimate of drug-likeness (QED) is 0.607. The van der Waals surface area contributed by atoms with Gasteiger partial charge in [-0.2, -0.15) is 0 Å². The first kappa shape index (κ1) is 18.1. The first-order chi connectivity index (χ1) is 11.6. The molecule has 1 aliphatic carbocycles. The van der Waals surface area contributed by atoms with Gasteiger partial charge in [0.1, 0.15) is 17.9 Å². The molecular weight excluding hydrogens is 308 g/mol. The predicted molar refractivity (Wildman–Crippen MR) is 93.0 cm³/mol. The molecule has 2 rings (SSSR count). The Morgan fingerprint density at radius 3 is 2.46 bits per heavy atom. The van der Waals surface area contributed by atoms with Crippen molar-refractivity contribution in [2.45, 2.75) is 38.1 Å². The molecule has 1 aliphatic rings. The van der Waals surface area contributed by atoms with Crippen molar-refractivity contribution >= 4 is 17.6 Å². The molecule has 132 valence electrons. The first-order valence-electron chi connectivity index (χ1n) is 8.40. The van der Waals surface area contributed by atoms with E-state index < -0.39 is 5.54 Å². The van der Waals surface area contributed by atoms with E-state index in [2.05, 4.69) is 16.0 Å². The lowest BCUT2D eigenvalue weighted by molar-refractivity contribution is -0.121. The highest BCUT2D eigenvalue weighted by molar-refractivity contribution is 6.00. The summed E-state index contributed by atoms with van der Waals surface area (Å²) in [6, 6.07) is 6.81. The van der Waals surface area contributed by atoms with Crippen molar-refractivity contribution in [3.63, 3.8) is 0 Å². The lowest BCUT2D eigenvalue weighted by atomic mass is 9.96. The van der Waals surface area contributed by atoms with Crippen LogP contribution in [0.2, 0.25) is 0 Å². The predicted octanol–water partition coefficient (Wildman–Crippen LogP) is 1.59. The highest BCUT2D eigenvalue weighted by atomic mass is 16.5. The molecule has 0 radical (unpaired) electrons. The molecule has 0 spiro atoms. The number of benzene rings is 1. The molecule has 0 atom stereocenters. The molecule has 1 aromatic rings. The van der Waals surface area contributed by atoms with Gasteiger partial charge >= 0.3 is 6.03 Å². The van der Waals surface area contributed by atoms with Crippen molar-refractivity contribution < 1.29 is 14.3 Å². The lowest BCUT2D eigenvalue weighted by Crippen LogP contribution is -2.57. The molecule has 0 aliphatic heterocycles. The van der Waals surface area contributed by atoms with Gasteiger partial charge in [-0.05, 0) is 44.0 Å². The van der Waals surface area contributed by atoms with Gasteiger partial charge < -0.3 is 26.4 Å². The van der Waals surface area contributed by atoms with Crippen LogP contribution in [0, 0.1) is 0 Å². The van der Waals surface area contributed by atoms with E-state index in [1.165, 1.54) is 0 Å². The minimum absolute atomic E-state index is 0.179. The van der Waals surface area contributed by atoms with Gasteiger partial charge in [-0.15, -0.1) is 0 Å². The number of anilines is 1. The number of hydrogen-bond acceptors (Lipinski definition) is 4. The van der Waals surface area contributed by atoms with Crippen molar-refractivity contribution in [2.75, 3.05) is 25.0 Å². The fourth-order valence-electron chi connectivity index (χ4n) is 2.87. The Morgan fingerprint density at radius 1 is 1.21 bits per heavy atom. The van der Waals surface area contributed by atoms with Crippen molar-refractivity contribution in [2.24, 2.45) is 5.73 Å². The Kier molecular flexibility index (Phi) is 6.43. The monoisotopic (exact) mass is 334 g/mol. The summed E-state index contributed by atoms with van der Waals surface area (Å²) < 4.78 is 5.41. The average Bonchev–Trinajstić information content (AvgIpc) is 3.04. The second-order valence-corrected chi connectivity index (χ2v) is 5.89. The Balaban J connectivity index is 2.01. The normalized spacial score (nSPS) is 15.6.